The number of thiophene rings is 1. The van der Waals surface area contributed by atoms with Gasteiger partial charge in [0.25, 0.3) is 0 Å². The molecule has 0 saturated carbocycles. The third kappa shape index (κ3) is 5.97. The number of sulfonamides is 1. The SMILES string of the molecule is CC(C)(C)N(CCNS(=O)(=O)c1ccc(-c2cc(C(F)(F)F)on2)s1)Cc1ccco1. The molecule has 0 aliphatic carbocycles. The number of rotatable bonds is 8. The summed E-state index contributed by atoms with van der Waals surface area (Å²) in [6, 6.07) is 7.11. The van der Waals surface area contributed by atoms with Gasteiger partial charge in [-0.2, -0.15) is 13.2 Å². The van der Waals surface area contributed by atoms with Gasteiger partial charge in [-0.05, 0) is 45.0 Å². The second-order valence-electron chi connectivity index (χ2n) is 7.76. The van der Waals surface area contributed by atoms with Gasteiger partial charge in [-0.15, -0.1) is 11.3 Å². The normalized spacial score (nSPS) is 13.3. The summed E-state index contributed by atoms with van der Waals surface area (Å²) >= 11 is 0.816. The lowest BCUT2D eigenvalue weighted by Gasteiger charge is -2.35. The van der Waals surface area contributed by atoms with Crippen LogP contribution in [0, 0.1) is 0 Å². The fourth-order valence-electron chi connectivity index (χ4n) is 2.76. The van der Waals surface area contributed by atoms with Gasteiger partial charge < -0.3 is 8.94 Å². The molecule has 0 bridgehead atoms. The topological polar surface area (TPSA) is 88.6 Å². The summed E-state index contributed by atoms with van der Waals surface area (Å²) < 4.78 is 75.5. The Morgan fingerprint density at radius 1 is 1.19 bits per heavy atom. The van der Waals surface area contributed by atoms with E-state index in [2.05, 4.69) is 19.3 Å². The van der Waals surface area contributed by atoms with E-state index < -0.39 is 22.0 Å². The molecule has 0 aromatic carbocycles. The van der Waals surface area contributed by atoms with Crippen molar-refractivity contribution in [3.05, 3.63) is 48.1 Å². The summed E-state index contributed by atoms with van der Waals surface area (Å²) in [6.07, 6.45) is -3.08. The molecule has 3 aromatic rings. The Balaban J connectivity index is 1.65. The van der Waals surface area contributed by atoms with Crippen LogP contribution in [-0.2, 0) is 22.7 Å². The highest BCUT2D eigenvalue weighted by Gasteiger charge is 2.36. The van der Waals surface area contributed by atoms with Crippen molar-refractivity contribution in [1.29, 1.82) is 0 Å². The Morgan fingerprint density at radius 3 is 2.52 bits per heavy atom. The molecule has 0 radical (unpaired) electrons. The molecule has 3 rings (SSSR count). The average Bonchev–Trinajstić information content (AvgIpc) is 3.39. The molecule has 0 aliphatic rings. The number of nitrogens with one attached hydrogen (secondary N) is 1. The van der Waals surface area contributed by atoms with Crippen molar-refractivity contribution in [2.45, 2.75) is 43.2 Å². The molecule has 12 heteroatoms. The van der Waals surface area contributed by atoms with Gasteiger partial charge >= 0.3 is 6.18 Å². The summed E-state index contributed by atoms with van der Waals surface area (Å²) in [5.74, 6) is -0.469. The molecule has 170 valence electrons. The molecule has 3 heterocycles. The van der Waals surface area contributed by atoms with Crippen LogP contribution in [0.5, 0.6) is 0 Å². The van der Waals surface area contributed by atoms with Crippen LogP contribution in [0.1, 0.15) is 32.3 Å². The van der Waals surface area contributed by atoms with Crippen molar-refractivity contribution >= 4 is 21.4 Å². The van der Waals surface area contributed by atoms with Crippen LogP contribution in [0.4, 0.5) is 13.2 Å². The first-order valence-electron chi connectivity index (χ1n) is 9.27. The Morgan fingerprint density at radius 2 is 1.94 bits per heavy atom. The predicted octanol–water partition coefficient (Wildman–Crippen LogP) is 4.59. The highest BCUT2D eigenvalue weighted by Crippen LogP contribution is 2.35. The first-order valence-corrected chi connectivity index (χ1v) is 11.6. The molecule has 31 heavy (non-hydrogen) atoms. The Labute approximate surface area is 181 Å². The van der Waals surface area contributed by atoms with Gasteiger partial charge in [-0.25, -0.2) is 13.1 Å². The van der Waals surface area contributed by atoms with Crippen LogP contribution in [0.3, 0.4) is 0 Å². The lowest BCUT2D eigenvalue weighted by molar-refractivity contribution is -0.155. The minimum Gasteiger partial charge on any atom is -0.468 e. The molecule has 1 N–H and O–H groups in total. The van der Waals surface area contributed by atoms with E-state index in [9.17, 15) is 21.6 Å². The Kier molecular flexibility index (Phi) is 6.65. The highest BCUT2D eigenvalue weighted by atomic mass is 32.2. The molecule has 0 atom stereocenters. The number of hydrogen-bond acceptors (Lipinski definition) is 7. The largest absolute Gasteiger partial charge is 0.468 e. The van der Waals surface area contributed by atoms with Crippen LogP contribution in [0.2, 0.25) is 0 Å². The smallest absolute Gasteiger partial charge is 0.452 e. The number of aromatic nitrogens is 1. The van der Waals surface area contributed by atoms with Crippen molar-refractivity contribution in [2.75, 3.05) is 13.1 Å². The third-order valence-electron chi connectivity index (χ3n) is 4.44. The molecule has 0 saturated heterocycles. The zero-order valence-corrected chi connectivity index (χ0v) is 18.7. The summed E-state index contributed by atoms with van der Waals surface area (Å²) in [5.41, 5.74) is -0.298. The summed E-state index contributed by atoms with van der Waals surface area (Å²) in [4.78, 5) is 2.33. The fourth-order valence-corrected chi connectivity index (χ4v) is 5.08. The van der Waals surface area contributed by atoms with Gasteiger partial charge in [0.15, 0.2) is 0 Å². The molecule has 0 amide bonds. The zero-order chi connectivity index (χ0) is 22.9. The van der Waals surface area contributed by atoms with Gasteiger partial charge in [0.05, 0.1) is 17.7 Å². The van der Waals surface area contributed by atoms with E-state index in [1.165, 1.54) is 12.1 Å². The average molecular weight is 478 g/mol. The molecule has 0 aliphatic heterocycles. The number of nitrogens with zero attached hydrogens (tertiary/aromatic N) is 2. The van der Waals surface area contributed by atoms with Crippen molar-refractivity contribution in [2.24, 2.45) is 0 Å². The van der Waals surface area contributed by atoms with Gasteiger partial charge in [-0.1, -0.05) is 5.16 Å². The maximum absolute atomic E-state index is 12.7. The molecule has 0 unspecified atom stereocenters. The van der Waals surface area contributed by atoms with E-state index >= 15 is 0 Å². The number of halogens is 3. The van der Waals surface area contributed by atoms with E-state index in [0.29, 0.717) is 13.1 Å². The van der Waals surface area contributed by atoms with Gasteiger partial charge in [-0.3, -0.25) is 4.90 Å². The van der Waals surface area contributed by atoms with E-state index in [1.54, 1.807) is 12.3 Å². The Bertz CT molecular complexity index is 1100. The minimum atomic E-state index is -4.66. The van der Waals surface area contributed by atoms with Gasteiger partial charge in [0.1, 0.15) is 15.7 Å². The monoisotopic (exact) mass is 477 g/mol. The lowest BCUT2D eigenvalue weighted by atomic mass is 10.1. The second-order valence-corrected chi connectivity index (χ2v) is 10.8. The standard InChI is InChI=1S/C19H22F3N3O4S2/c1-18(2,3)25(12-13-5-4-10-28-13)9-8-23-31(26,27)17-7-6-15(30-17)14-11-16(29-24-14)19(20,21)22/h4-7,10-11,23H,8-9,12H2,1-3H3. The highest BCUT2D eigenvalue weighted by molar-refractivity contribution is 7.91. The van der Waals surface area contributed by atoms with Crippen LogP contribution in [0.15, 0.2) is 49.7 Å². The maximum Gasteiger partial charge on any atom is 0.452 e. The molecular weight excluding hydrogens is 455 g/mol. The number of furan rings is 1. The zero-order valence-electron chi connectivity index (χ0n) is 17.1. The van der Waals surface area contributed by atoms with Crippen LogP contribution < -0.4 is 4.72 Å². The maximum atomic E-state index is 12.7. The first-order chi connectivity index (χ1) is 14.4. The van der Waals surface area contributed by atoms with Gasteiger partial charge in [0.2, 0.25) is 15.8 Å². The van der Waals surface area contributed by atoms with Crippen molar-refractivity contribution in [3.8, 4) is 10.6 Å². The first kappa shape index (κ1) is 23.5. The Hall–Kier alpha value is -2.15. The fraction of sp³-hybridized carbons (Fsp3) is 0.421. The molecule has 7 nitrogen and oxygen atoms in total. The van der Waals surface area contributed by atoms with E-state index in [1.807, 2.05) is 26.8 Å². The summed E-state index contributed by atoms with van der Waals surface area (Å²) in [7, 11) is -3.83. The van der Waals surface area contributed by atoms with E-state index in [0.717, 1.165) is 23.2 Å². The lowest BCUT2D eigenvalue weighted by Crippen LogP contribution is -2.44. The second kappa shape index (κ2) is 8.77. The van der Waals surface area contributed by atoms with E-state index in [-0.39, 0.29) is 26.9 Å². The predicted molar refractivity (Wildman–Crippen MR) is 109 cm³/mol. The van der Waals surface area contributed by atoms with Crippen molar-refractivity contribution < 1.29 is 30.5 Å². The number of alkyl halides is 3. The molecule has 0 fully saturated rings. The van der Waals surface area contributed by atoms with Crippen LogP contribution >= 0.6 is 11.3 Å². The molecule has 3 aromatic heterocycles. The summed E-state index contributed by atoms with van der Waals surface area (Å²) in [6.45, 7) is 7.15. The summed E-state index contributed by atoms with van der Waals surface area (Å²) in [5, 5.41) is 3.38. The van der Waals surface area contributed by atoms with Gasteiger partial charge in [0, 0.05) is 24.7 Å². The quantitative estimate of drug-likeness (QED) is 0.510. The minimum absolute atomic E-state index is 0.0209. The van der Waals surface area contributed by atoms with Crippen LogP contribution in [0.25, 0.3) is 10.6 Å². The molecule has 0 spiro atoms. The third-order valence-corrected chi connectivity index (χ3v) is 7.50. The van der Waals surface area contributed by atoms with Crippen molar-refractivity contribution in [1.82, 2.24) is 14.8 Å². The molecular formula is C19H22F3N3O4S2. The number of hydrogen-bond donors (Lipinski definition) is 1. The van der Waals surface area contributed by atoms with Crippen molar-refractivity contribution in [3.63, 3.8) is 0 Å². The van der Waals surface area contributed by atoms with E-state index in [4.69, 9.17) is 4.42 Å². The van der Waals surface area contributed by atoms with Crippen LogP contribution in [-0.4, -0.2) is 37.1 Å².